The molecular formula is C15H15N3O4. The average molecular weight is 301 g/mol. The van der Waals surface area contributed by atoms with Crippen molar-refractivity contribution in [1.29, 1.82) is 0 Å². The fourth-order valence-corrected chi connectivity index (χ4v) is 2.26. The Labute approximate surface area is 126 Å². The normalized spacial score (nSPS) is 11.2. The van der Waals surface area contributed by atoms with Crippen LogP contribution in [-0.2, 0) is 5.41 Å². The summed E-state index contributed by atoms with van der Waals surface area (Å²) in [5, 5.41) is 21.7. The average Bonchev–Trinajstić information content (AvgIpc) is 2.47. The summed E-state index contributed by atoms with van der Waals surface area (Å²) in [7, 11) is 0. The van der Waals surface area contributed by atoms with E-state index in [2.05, 4.69) is 0 Å². The van der Waals surface area contributed by atoms with Crippen LogP contribution in [0.15, 0.2) is 42.5 Å². The van der Waals surface area contributed by atoms with Crippen molar-refractivity contribution in [3.8, 4) is 0 Å². The second-order valence-electron chi connectivity index (χ2n) is 5.46. The van der Waals surface area contributed by atoms with Gasteiger partial charge in [0.2, 0.25) is 0 Å². The molecule has 2 aromatic carbocycles. The van der Waals surface area contributed by atoms with Gasteiger partial charge in [0.15, 0.2) is 0 Å². The Morgan fingerprint density at radius 1 is 0.909 bits per heavy atom. The van der Waals surface area contributed by atoms with Crippen LogP contribution in [0, 0.1) is 20.2 Å². The van der Waals surface area contributed by atoms with E-state index in [1.165, 1.54) is 24.3 Å². The topological polar surface area (TPSA) is 112 Å². The first-order valence-electron chi connectivity index (χ1n) is 6.53. The van der Waals surface area contributed by atoms with E-state index in [1.54, 1.807) is 18.2 Å². The lowest BCUT2D eigenvalue weighted by molar-refractivity contribution is -0.384. The zero-order valence-electron chi connectivity index (χ0n) is 12.1. The number of benzene rings is 2. The van der Waals surface area contributed by atoms with Crippen molar-refractivity contribution in [2.45, 2.75) is 19.3 Å². The standard InChI is InChI=1S/C15H15N3O4/c1-15(2,10-3-6-12(7-4-10)17(19)20)11-5-8-13(16)14(9-11)18(21)22/h3-9H,16H2,1-2H3. The van der Waals surface area contributed by atoms with E-state index < -0.39 is 15.3 Å². The SMILES string of the molecule is CC(C)(c1ccc([N+](=O)[O-])cc1)c1ccc(N)c([N+](=O)[O-])c1. The van der Waals surface area contributed by atoms with Crippen LogP contribution in [0.3, 0.4) is 0 Å². The molecule has 0 saturated heterocycles. The van der Waals surface area contributed by atoms with Gasteiger partial charge in [-0.15, -0.1) is 0 Å². The molecule has 0 heterocycles. The molecule has 0 amide bonds. The van der Waals surface area contributed by atoms with Crippen molar-refractivity contribution in [3.05, 3.63) is 73.8 Å². The monoisotopic (exact) mass is 301 g/mol. The summed E-state index contributed by atoms with van der Waals surface area (Å²) in [5.74, 6) is 0. The highest BCUT2D eigenvalue weighted by Crippen LogP contribution is 2.35. The number of hydrogen-bond donors (Lipinski definition) is 1. The van der Waals surface area contributed by atoms with Gasteiger partial charge in [-0.25, -0.2) is 0 Å². The van der Waals surface area contributed by atoms with Crippen LogP contribution in [0.5, 0.6) is 0 Å². The van der Waals surface area contributed by atoms with Gasteiger partial charge in [0, 0.05) is 23.6 Å². The Morgan fingerprint density at radius 3 is 1.95 bits per heavy atom. The quantitative estimate of drug-likeness (QED) is 0.528. The van der Waals surface area contributed by atoms with Crippen molar-refractivity contribution in [3.63, 3.8) is 0 Å². The lowest BCUT2D eigenvalue weighted by Gasteiger charge is -2.26. The van der Waals surface area contributed by atoms with E-state index in [9.17, 15) is 20.2 Å². The fraction of sp³-hybridized carbons (Fsp3) is 0.200. The predicted octanol–water partition coefficient (Wildman–Crippen LogP) is 3.41. The molecule has 7 heteroatoms. The second-order valence-corrected chi connectivity index (χ2v) is 5.46. The van der Waals surface area contributed by atoms with Gasteiger partial charge in [-0.2, -0.15) is 0 Å². The lowest BCUT2D eigenvalue weighted by atomic mass is 9.78. The van der Waals surface area contributed by atoms with Crippen LogP contribution in [0.1, 0.15) is 25.0 Å². The minimum Gasteiger partial charge on any atom is -0.393 e. The largest absolute Gasteiger partial charge is 0.393 e. The van der Waals surface area contributed by atoms with Crippen LogP contribution in [-0.4, -0.2) is 9.85 Å². The summed E-state index contributed by atoms with van der Waals surface area (Å²) < 4.78 is 0. The van der Waals surface area contributed by atoms with Crippen molar-refractivity contribution < 1.29 is 9.85 Å². The molecule has 0 aliphatic rings. The molecule has 2 aromatic rings. The molecule has 2 N–H and O–H groups in total. The molecule has 114 valence electrons. The Hall–Kier alpha value is -2.96. The number of nitro benzene ring substituents is 2. The third kappa shape index (κ3) is 2.73. The number of nitrogens with two attached hydrogens (primary N) is 1. The number of anilines is 1. The van der Waals surface area contributed by atoms with E-state index >= 15 is 0 Å². The van der Waals surface area contributed by atoms with Crippen LogP contribution < -0.4 is 5.73 Å². The number of nitrogens with zero attached hydrogens (tertiary/aromatic N) is 2. The van der Waals surface area contributed by atoms with Crippen molar-refractivity contribution in [1.82, 2.24) is 0 Å². The summed E-state index contributed by atoms with van der Waals surface area (Å²) in [6.45, 7) is 3.78. The fourth-order valence-electron chi connectivity index (χ4n) is 2.26. The van der Waals surface area contributed by atoms with Gasteiger partial charge in [-0.1, -0.05) is 32.0 Å². The molecule has 0 aromatic heterocycles. The van der Waals surface area contributed by atoms with Gasteiger partial charge in [-0.3, -0.25) is 20.2 Å². The third-order valence-electron chi connectivity index (χ3n) is 3.75. The Kier molecular flexibility index (Phi) is 3.81. The van der Waals surface area contributed by atoms with Crippen molar-refractivity contribution >= 4 is 17.1 Å². The highest BCUT2D eigenvalue weighted by Gasteiger charge is 2.26. The molecule has 0 fully saturated rings. The molecule has 0 spiro atoms. The highest BCUT2D eigenvalue weighted by atomic mass is 16.6. The first kappa shape index (κ1) is 15.4. The maximum absolute atomic E-state index is 11.0. The van der Waals surface area contributed by atoms with E-state index in [1.807, 2.05) is 13.8 Å². The number of hydrogen-bond acceptors (Lipinski definition) is 5. The highest BCUT2D eigenvalue weighted by molar-refractivity contribution is 5.61. The van der Waals surface area contributed by atoms with Crippen LogP contribution in [0.4, 0.5) is 17.1 Å². The second kappa shape index (κ2) is 5.44. The molecule has 7 nitrogen and oxygen atoms in total. The van der Waals surface area contributed by atoms with Gasteiger partial charge < -0.3 is 5.73 Å². The van der Waals surface area contributed by atoms with Gasteiger partial charge in [0.05, 0.1) is 9.85 Å². The Balaban J connectivity index is 2.47. The molecule has 0 radical (unpaired) electrons. The van der Waals surface area contributed by atoms with Crippen LogP contribution in [0.2, 0.25) is 0 Å². The van der Waals surface area contributed by atoms with Gasteiger partial charge in [0.25, 0.3) is 11.4 Å². The minimum atomic E-state index is -0.548. The summed E-state index contributed by atoms with van der Waals surface area (Å²) in [6.07, 6.45) is 0. The van der Waals surface area contributed by atoms with E-state index in [4.69, 9.17) is 5.73 Å². The molecule has 0 aliphatic carbocycles. The molecule has 2 rings (SSSR count). The van der Waals surface area contributed by atoms with Crippen molar-refractivity contribution in [2.24, 2.45) is 0 Å². The summed E-state index contributed by atoms with van der Waals surface area (Å²) in [4.78, 5) is 20.7. The molecule has 0 bridgehead atoms. The molecule has 0 aliphatic heterocycles. The Morgan fingerprint density at radius 2 is 1.45 bits per heavy atom. The predicted molar refractivity (Wildman–Crippen MR) is 82.7 cm³/mol. The van der Waals surface area contributed by atoms with Gasteiger partial charge >= 0.3 is 0 Å². The first-order valence-corrected chi connectivity index (χ1v) is 6.53. The number of rotatable bonds is 4. The molecule has 0 unspecified atom stereocenters. The number of non-ortho nitro benzene ring substituents is 1. The molecule has 0 saturated carbocycles. The lowest BCUT2D eigenvalue weighted by Crippen LogP contribution is -2.19. The Bertz CT molecular complexity index is 739. The summed E-state index contributed by atoms with van der Waals surface area (Å²) >= 11 is 0. The first-order chi connectivity index (χ1) is 10.2. The molecule has 0 atom stereocenters. The maximum Gasteiger partial charge on any atom is 0.292 e. The van der Waals surface area contributed by atoms with Crippen LogP contribution in [0.25, 0.3) is 0 Å². The van der Waals surface area contributed by atoms with E-state index in [-0.39, 0.29) is 17.1 Å². The van der Waals surface area contributed by atoms with E-state index in [0.29, 0.717) is 5.56 Å². The minimum absolute atomic E-state index is 0.00263. The van der Waals surface area contributed by atoms with Crippen LogP contribution >= 0.6 is 0 Å². The van der Waals surface area contributed by atoms with Gasteiger partial charge in [0.1, 0.15) is 5.69 Å². The van der Waals surface area contributed by atoms with Gasteiger partial charge in [-0.05, 0) is 17.2 Å². The smallest absolute Gasteiger partial charge is 0.292 e. The number of nitro groups is 2. The zero-order valence-corrected chi connectivity index (χ0v) is 12.1. The summed E-state index contributed by atoms with van der Waals surface area (Å²) in [5.41, 5.74) is 6.55. The number of nitrogen functional groups attached to an aromatic ring is 1. The zero-order chi connectivity index (χ0) is 16.5. The summed E-state index contributed by atoms with van der Waals surface area (Å²) in [6, 6.07) is 10.8. The molecular weight excluding hydrogens is 286 g/mol. The van der Waals surface area contributed by atoms with Crippen molar-refractivity contribution in [2.75, 3.05) is 5.73 Å². The third-order valence-corrected chi connectivity index (χ3v) is 3.75. The molecule has 22 heavy (non-hydrogen) atoms. The van der Waals surface area contributed by atoms with E-state index in [0.717, 1.165) is 5.56 Å². The maximum atomic E-state index is 11.0.